The molecule has 0 bridgehead atoms. The second-order valence-electron chi connectivity index (χ2n) is 5.15. The number of anilines is 1. The Balaban J connectivity index is 2.31. The molecule has 1 N–H and O–H groups in total. The minimum Gasteiger partial charge on any atom is -0.490 e. The number of benzene rings is 2. The van der Waals surface area contributed by atoms with Crippen LogP contribution in [0.2, 0.25) is 5.02 Å². The van der Waals surface area contributed by atoms with Gasteiger partial charge in [-0.15, -0.1) is 0 Å². The van der Waals surface area contributed by atoms with Gasteiger partial charge in [-0.2, -0.15) is 0 Å². The van der Waals surface area contributed by atoms with E-state index in [1.807, 2.05) is 6.92 Å². The predicted octanol–water partition coefficient (Wildman–Crippen LogP) is 5.06. The highest BCUT2D eigenvalue weighted by Gasteiger charge is 2.17. The lowest BCUT2D eigenvalue weighted by atomic mass is 10.1. The second kappa shape index (κ2) is 8.67. The summed E-state index contributed by atoms with van der Waals surface area (Å²) >= 11 is 6.19. The number of hydrogen-bond acceptors (Lipinski definition) is 3. The van der Waals surface area contributed by atoms with Crippen LogP contribution in [-0.2, 0) is 0 Å². The van der Waals surface area contributed by atoms with E-state index >= 15 is 0 Å². The van der Waals surface area contributed by atoms with Gasteiger partial charge < -0.3 is 14.8 Å². The monoisotopic (exact) mass is 369 g/mol. The quantitative estimate of drug-likeness (QED) is 0.742. The first-order valence-electron chi connectivity index (χ1n) is 7.81. The molecule has 0 saturated heterocycles. The van der Waals surface area contributed by atoms with E-state index in [1.165, 1.54) is 12.1 Å². The summed E-state index contributed by atoms with van der Waals surface area (Å²) in [7, 11) is 0. The van der Waals surface area contributed by atoms with E-state index in [0.29, 0.717) is 24.7 Å². The molecule has 0 saturated carbocycles. The van der Waals surface area contributed by atoms with Crippen LogP contribution in [0.15, 0.2) is 30.3 Å². The van der Waals surface area contributed by atoms with Crippen LogP contribution in [-0.4, -0.2) is 19.1 Å². The number of carbonyl (C=O) groups is 1. The number of ether oxygens (including phenoxy) is 2. The van der Waals surface area contributed by atoms with Gasteiger partial charge in [-0.25, -0.2) is 8.78 Å². The van der Waals surface area contributed by atoms with E-state index in [4.69, 9.17) is 21.1 Å². The van der Waals surface area contributed by atoms with Crippen molar-refractivity contribution in [2.24, 2.45) is 0 Å². The molecule has 0 spiro atoms. The Morgan fingerprint density at radius 2 is 1.92 bits per heavy atom. The Labute approximate surface area is 149 Å². The number of hydrogen-bond donors (Lipinski definition) is 1. The zero-order valence-corrected chi connectivity index (χ0v) is 14.6. The van der Waals surface area contributed by atoms with Crippen LogP contribution >= 0.6 is 11.6 Å². The summed E-state index contributed by atoms with van der Waals surface area (Å²) in [4.78, 5) is 12.4. The zero-order valence-electron chi connectivity index (χ0n) is 13.9. The summed E-state index contributed by atoms with van der Waals surface area (Å²) < 4.78 is 37.9. The maximum atomic E-state index is 13.7. The van der Waals surface area contributed by atoms with E-state index in [2.05, 4.69) is 5.32 Å². The molecule has 4 nitrogen and oxygen atoms in total. The number of halogens is 3. The molecule has 0 heterocycles. The van der Waals surface area contributed by atoms with Crippen molar-refractivity contribution in [2.45, 2.75) is 20.3 Å². The van der Waals surface area contributed by atoms with Gasteiger partial charge in [0.2, 0.25) is 0 Å². The molecule has 2 rings (SSSR count). The third kappa shape index (κ3) is 4.82. The average Bonchev–Trinajstić information content (AvgIpc) is 2.57. The van der Waals surface area contributed by atoms with Gasteiger partial charge in [-0.05, 0) is 37.6 Å². The Morgan fingerprint density at radius 3 is 2.60 bits per heavy atom. The molecule has 0 aromatic heterocycles. The zero-order chi connectivity index (χ0) is 18.4. The van der Waals surface area contributed by atoms with Crippen molar-refractivity contribution in [2.75, 3.05) is 18.5 Å². The van der Waals surface area contributed by atoms with Crippen molar-refractivity contribution < 1.29 is 23.0 Å². The van der Waals surface area contributed by atoms with E-state index in [-0.39, 0.29) is 16.3 Å². The van der Waals surface area contributed by atoms with E-state index in [0.717, 1.165) is 24.6 Å². The minimum absolute atomic E-state index is 0.140. The Bertz CT molecular complexity index is 768. The van der Waals surface area contributed by atoms with Gasteiger partial charge in [-0.3, -0.25) is 4.79 Å². The van der Waals surface area contributed by atoms with Crippen LogP contribution in [0.4, 0.5) is 14.5 Å². The van der Waals surface area contributed by atoms with Gasteiger partial charge >= 0.3 is 0 Å². The van der Waals surface area contributed by atoms with Gasteiger partial charge in [0.15, 0.2) is 11.5 Å². The lowest BCUT2D eigenvalue weighted by Crippen LogP contribution is -2.14. The molecule has 0 aliphatic rings. The fraction of sp³-hybridized carbons (Fsp3) is 0.278. The fourth-order valence-corrected chi connectivity index (χ4v) is 2.36. The van der Waals surface area contributed by atoms with Crippen LogP contribution in [0.25, 0.3) is 0 Å². The highest BCUT2D eigenvalue weighted by atomic mass is 35.5. The summed E-state index contributed by atoms with van der Waals surface area (Å²) in [6.45, 7) is 4.53. The summed E-state index contributed by atoms with van der Waals surface area (Å²) in [5.41, 5.74) is -0.119. The number of nitrogens with one attached hydrogen (secondary N) is 1. The standard InChI is InChI=1S/C18H18ClF2NO3/c1-3-7-25-17-13(19)8-11(9-16(17)24-4-2)18(23)22-15-10-12(20)5-6-14(15)21/h5-6,8-10H,3-4,7H2,1-2H3,(H,22,23). The normalized spacial score (nSPS) is 10.4. The van der Waals surface area contributed by atoms with Gasteiger partial charge in [0.25, 0.3) is 5.91 Å². The van der Waals surface area contributed by atoms with Crippen molar-refractivity contribution in [1.29, 1.82) is 0 Å². The van der Waals surface area contributed by atoms with Crippen LogP contribution in [0.1, 0.15) is 30.6 Å². The largest absolute Gasteiger partial charge is 0.490 e. The molecular weight excluding hydrogens is 352 g/mol. The molecule has 0 atom stereocenters. The van der Waals surface area contributed by atoms with E-state index < -0.39 is 17.5 Å². The summed E-state index contributed by atoms with van der Waals surface area (Å²) in [5, 5.41) is 2.52. The summed E-state index contributed by atoms with van der Waals surface area (Å²) in [5.74, 6) is -1.39. The van der Waals surface area contributed by atoms with Gasteiger partial charge in [0, 0.05) is 11.6 Å². The number of amides is 1. The minimum atomic E-state index is -0.742. The van der Waals surface area contributed by atoms with Gasteiger partial charge in [0.1, 0.15) is 11.6 Å². The second-order valence-corrected chi connectivity index (χ2v) is 5.55. The fourth-order valence-electron chi connectivity index (χ4n) is 2.09. The Hall–Kier alpha value is -2.34. The molecule has 0 fully saturated rings. The molecule has 0 radical (unpaired) electrons. The molecule has 0 aliphatic heterocycles. The van der Waals surface area contributed by atoms with Gasteiger partial charge in [0.05, 0.1) is 23.9 Å². The maximum Gasteiger partial charge on any atom is 0.255 e. The molecule has 134 valence electrons. The van der Waals surface area contributed by atoms with Crippen molar-refractivity contribution in [3.63, 3.8) is 0 Å². The van der Waals surface area contributed by atoms with Crippen molar-refractivity contribution in [1.82, 2.24) is 0 Å². The molecule has 7 heteroatoms. The van der Waals surface area contributed by atoms with Gasteiger partial charge in [-0.1, -0.05) is 18.5 Å². The molecule has 2 aromatic carbocycles. The molecule has 0 unspecified atom stereocenters. The first-order chi connectivity index (χ1) is 12.0. The lowest BCUT2D eigenvalue weighted by molar-refractivity contribution is 0.102. The van der Waals surface area contributed by atoms with Crippen LogP contribution < -0.4 is 14.8 Å². The highest BCUT2D eigenvalue weighted by molar-refractivity contribution is 6.32. The molecule has 25 heavy (non-hydrogen) atoms. The van der Waals surface area contributed by atoms with Crippen molar-refractivity contribution in [3.8, 4) is 11.5 Å². The summed E-state index contributed by atoms with van der Waals surface area (Å²) in [6, 6.07) is 5.64. The van der Waals surface area contributed by atoms with Crippen LogP contribution in [0.5, 0.6) is 11.5 Å². The lowest BCUT2D eigenvalue weighted by Gasteiger charge is -2.15. The smallest absolute Gasteiger partial charge is 0.255 e. The number of rotatable bonds is 7. The van der Waals surface area contributed by atoms with E-state index in [9.17, 15) is 13.6 Å². The van der Waals surface area contributed by atoms with Crippen molar-refractivity contribution >= 4 is 23.2 Å². The molecule has 0 aliphatic carbocycles. The Kier molecular flexibility index (Phi) is 6.58. The topological polar surface area (TPSA) is 47.6 Å². The maximum absolute atomic E-state index is 13.7. The third-order valence-corrected chi connectivity index (χ3v) is 3.48. The number of carbonyl (C=O) groups excluding carboxylic acids is 1. The predicted molar refractivity (Wildman–Crippen MR) is 92.7 cm³/mol. The van der Waals surface area contributed by atoms with E-state index in [1.54, 1.807) is 6.92 Å². The van der Waals surface area contributed by atoms with Crippen LogP contribution in [0.3, 0.4) is 0 Å². The third-order valence-electron chi connectivity index (χ3n) is 3.20. The van der Waals surface area contributed by atoms with Crippen molar-refractivity contribution in [3.05, 3.63) is 52.6 Å². The SMILES string of the molecule is CCCOc1c(Cl)cc(C(=O)Nc2cc(F)ccc2F)cc1OCC. The summed E-state index contributed by atoms with van der Waals surface area (Å²) in [6.07, 6.45) is 0.781. The molecule has 1 amide bonds. The average molecular weight is 370 g/mol. The highest BCUT2D eigenvalue weighted by Crippen LogP contribution is 2.37. The molecular formula is C18H18ClF2NO3. The Morgan fingerprint density at radius 1 is 1.16 bits per heavy atom. The molecule has 2 aromatic rings. The first kappa shape index (κ1) is 19.0. The van der Waals surface area contributed by atoms with Crippen LogP contribution in [0, 0.1) is 11.6 Å². The first-order valence-corrected chi connectivity index (χ1v) is 8.19.